The summed E-state index contributed by atoms with van der Waals surface area (Å²) in [5.41, 5.74) is 2.08. The maximum absolute atomic E-state index is 12.7. The Morgan fingerprint density at radius 2 is 1.60 bits per heavy atom. The van der Waals surface area contributed by atoms with Gasteiger partial charge in [0.2, 0.25) is 0 Å². The van der Waals surface area contributed by atoms with E-state index in [-0.39, 0.29) is 21.8 Å². The first-order valence-electron chi connectivity index (χ1n) is 8.96. The number of nitro groups is 1. The highest BCUT2D eigenvalue weighted by molar-refractivity contribution is 7.92. The second kappa shape index (κ2) is 8.75. The number of anilines is 1. The molecular weight excluding hydrogens is 406 g/mol. The zero-order valence-corrected chi connectivity index (χ0v) is 16.8. The van der Waals surface area contributed by atoms with E-state index in [1.165, 1.54) is 12.1 Å². The van der Waals surface area contributed by atoms with Gasteiger partial charge in [-0.2, -0.15) is 0 Å². The summed E-state index contributed by atoms with van der Waals surface area (Å²) in [7, 11) is -4.04. The van der Waals surface area contributed by atoms with E-state index in [0.717, 1.165) is 35.4 Å². The van der Waals surface area contributed by atoms with E-state index in [0.29, 0.717) is 6.54 Å². The minimum absolute atomic E-state index is 0.109. The Kier molecular flexibility index (Phi) is 6.12. The first kappa shape index (κ1) is 21.0. The van der Waals surface area contributed by atoms with Crippen molar-refractivity contribution >= 4 is 27.3 Å². The highest BCUT2D eigenvalue weighted by Gasteiger charge is 2.19. The van der Waals surface area contributed by atoms with Crippen molar-refractivity contribution in [3.63, 3.8) is 0 Å². The maximum atomic E-state index is 12.7. The lowest BCUT2D eigenvalue weighted by Gasteiger charge is -2.13. The Morgan fingerprint density at radius 3 is 2.23 bits per heavy atom. The number of carbonyl (C=O) groups is 1. The molecule has 0 unspecified atom stereocenters. The van der Waals surface area contributed by atoms with E-state index < -0.39 is 20.9 Å². The van der Waals surface area contributed by atoms with Crippen molar-refractivity contribution in [3.8, 4) is 0 Å². The summed E-state index contributed by atoms with van der Waals surface area (Å²) in [6.45, 7) is 2.26. The Labute approximate surface area is 173 Å². The molecule has 0 heterocycles. The van der Waals surface area contributed by atoms with Crippen LogP contribution in [0.5, 0.6) is 0 Å². The second-order valence-corrected chi connectivity index (χ2v) is 8.25. The van der Waals surface area contributed by atoms with Gasteiger partial charge in [-0.25, -0.2) is 8.42 Å². The van der Waals surface area contributed by atoms with Crippen LogP contribution in [0.4, 0.5) is 11.4 Å². The number of nitro benzene ring substituents is 1. The van der Waals surface area contributed by atoms with Crippen molar-refractivity contribution in [2.24, 2.45) is 0 Å². The molecule has 154 valence electrons. The molecule has 0 atom stereocenters. The van der Waals surface area contributed by atoms with Gasteiger partial charge in [-0.15, -0.1) is 0 Å². The number of hydrogen-bond donors (Lipinski definition) is 2. The number of aryl methyl sites for hydroxylation is 1. The predicted octanol–water partition coefficient (Wildman–Crippen LogP) is 3.63. The molecule has 0 fully saturated rings. The van der Waals surface area contributed by atoms with Gasteiger partial charge in [0.25, 0.3) is 21.6 Å². The zero-order chi connectivity index (χ0) is 21.7. The number of nitrogens with zero attached hydrogens (tertiary/aromatic N) is 1. The van der Waals surface area contributed by atoms with Crippen molar-refractivity contribution < 1.29 is 18.1 Å². The monoisotopic (exact) mass is 425 g/mol. The van der Waals surface area contributed by atoms with Crippen molar-refractivity contribution in [2.45, 2.75) is 18.4 Å². The fraction of sp³-hybridized carbons (Fsp3) is 0.0952. The quantitative estimate of drug-likeness (QED) is 0.443. The molecule has 0 aliphatic heterocycles. The molecule has 8 nitrogen and oxygen atoms in total. The number of rotatable bonds is 7. The molecule has 0 spiro atoms. The Bertz CT molecular complexity index is 1170. The molecule has 0 bridgehead atoms. The largest absolute Gasteiger partial charge is 0.348 e. The zero-order valence-electron chi connectivity index (χ0n) is 16.0. The summed E-state index contributed by atoms with van der Waals surface area (Å²) in [5.74, 6) is -0.433. The van der Waals surface area contributed by atoms with E-state index in [4.69, 9.17) is 0 Å². The molecule has 3 rings (SSSR count). The van der Waals surface area contributed by atoms with Gasteiger partial charge in [0.05, 0.1) is 21.1 Å². The van der Waals surface area contributed by atoms with Crippen LogP contribution in [-0.2, 0) is 16.6 Å². The van der Waals surface area contributed by atoms with Gasteiger partial charge in [0.15, 0.2) is 0 Å². The Balaban J connectivity index is 1.77. The van der Waals surface area contributed by atoms with Crippen molar-refractivity contribution in [3.05, 3.63) is 99.6 Å². The molecule has 0 aliphatic carbocycles. The van der Waals surface area contributed by atoms with Crippen LogP contribution in [0.2, 0.25) is 0 Å². The van der Waals surface area contributed by atoms with Crippen LogP contribution in [0.1, 0.15) is 21.5 Å². The van der Waals surface area contributed by atoms with Crippen LogP contribution in [0, 0.1) is 17.0 Å². The average molecular weight is 425 g/mol. The van der Waals surface area contributed by atoms with Crippen LogP contribution in [0.3, 0.4) is 0 Å². The summed E-state index contributed by atoms with van der Waals surface area (Å²) < 4.78 is 27.7. The number of para-hydroxylation sites is 1. The smallest absolute Gasteiger partial charge is 0.269 e. The van der Waals surface area contributed by atoms with Crippen molar-refractivity contribution in [1.29, 1.82) is 0 Å². The van der Waals surface area contributed by atoms with Crippen LogP contribution in [-0.4, -0.2) is 19.2 Å². The number of hydrogen-bond acceptors (Lipinski definition) is 5. The number of amides is 1. The highest BCUT2D eigenvalue weighted by atomic mass is 32.2. The highest BCUT2D eigenvalue weighted by Crippen LogP contribution is 2.22. The molecule has 0 aliphatic rings. The first-order chi connectivity index (χ1) is 14.3. The standard InChI is InChI=1S/C21H19N3O5S/c1-15-6-8-16(9-7-15)14-22-21(25)19-4-2-3-5-20(19)23-30(28,29)18-12-10-17(11-13-18)24(26)27/h2-13,23H,14H2,1H3,(H,22,25). The van der Waals surface area contributed by atoms with Crippen LogP contribution in [0.15, 0.2) is 77.7 Å². The first-order valence-corrected chi connectivity index (χ1v) is 10.4. The molecule has 3 aromatic carbocycles. The van der Waals surface area contributed by atoms with Gasteiger partial charge < -0.3 is 5.32 Å². The van der Waals surface area contributed by atoms with Gasteiger partial charge in [-0.3, -0.25) is 19.6 Å². The summed E-state index contributed by atoms with van der Waals surface area (Å²) >= 11 is 0. The fourth-order valence-corrected chi connectivity index (χ4v) is 3.78. The number of carbonyl (C=O) groups excluding carboxylic acids is 1. The lowest BCUT2D eigenvalue weighted by Crippen LogP contribution is -2.25. The third-order valence-electron chi connectivity index (χ3n) is 4.35. The number of non-ortho nitro benzene ring substituents is 1. The molecule has 30 heavy (non-hydrogen) atoms. The second-order valence-electron chi connectivity index (χ2n) is 6.57. The van der Waals surface area contributed by atoms with Gasteiger partial charge in [0.1, 0.15) is 0 Å². The van der Waals surface area contributed by atoms with Gasteiger partial charge >= 0.3 is 0 Å². The molecule has 2 N–H and O–H groups in total. The lowest BCUT2D eigenvalue weighted by atomic mass is 10.1. The normalized spacial score (nSPS) is 11.0. The predicted molar refractivity (Wildman–Crippen MR) is 113 cm³/mol. The average Bonchev–Trinajstić information content (AvgIpc) is 2.73. The molecule has 3 aromatic rings. The molecule has 1 amide bonds. The molecule has 0 radical (unpaired) electrons. The summed E-state index contributed by atoms with van der Waals surface area (Å²) in [6, 6.07) is 18.4. The third kappa shape index (κ3) is 5.00. The lowest BCUT2D eigenvalue weighted by molar-refractivity contribution is -0.384. The number of sulfonamides is 1. The summed E-state index contributed by atoms with van der Waals surface area (Å²) in [4.78, 5) is 22.6. The van der Waals surface area contributed by atoms with Crippen LogP contribution < -0.4 is 10.0 Å². The fourth-order valence-electron chi connectivity index (χ4n) is 2.70. The summed E-state index contributed by atoms with van der Waals surface area (Å²) in [6.07, 6.45) is 0. The summed E-state index contributed by atoms with van der Waals surface area (Å²) in [5, 5.41) is 13.5. The van der Waals surface area contributed by atoms with Gasteiger partial charge in [-0.05, 0) is 36.8 Å². The molecule has 0 aromatic heterocycles. The van der Waals surface area contributed by atoms with E-state index >= 15 is 0 Å². The van der Waals surface area contributed by atoms with Crippen molar-refractivity contribution in [2.75, 3.05) is 4.72 Å². The molecule has 9 heteroatoms. The van der Waals surface area contributed by atoms with E-state index in [9.17, 15) is 23.3 Å². The molecule has 0 saturated heterocycles. The van der Waals surface area contributed by atoms with Crippen LogP contribution >= 0.6 is 0 Å². The topological polar surface area (TPSA) is 118 Å². The third-order valence-corrected chi connectivity index (χ3v) is 5.73. The van der Waals surface area contributed by atoms with Crippen LogP contribution in [0.25, 0.3) is 0 Å². The number of benzene rings is 3. The molecule has 0 saturated carbocycles. The number of nitrogens with one attached hydrogen (secondary N) is 2. The maximum Gasteiger partial charge on any atom is 0.269 e. The minimum atomic E-state index is -4.04. The Hall–Kier alpha value is -3.72. The SMILES string of the molecule is Cc1ccc(CNC(=O)c2ccccc2NS(=O)(=O)c2ccc([N+](=O)[O-])cc2)cc1. The van der Waals surface area contributed by atoms with E-state index in [2.05, 4.69) is 10.0 Å². The Morgan fingerprint density at radius 1 is 0.967 bits per heavy atom. The van der Waals surface area contributed by atoms with Crippen molar-refractivity contribution in [1.82, 2.24) is 5.32 Å². The van der Waals surface area contributed by atoms with E-state index in [1.807, 2.05) is 31.2 Å². The van der Waals surface area contributed by atoms with Gasteiger partial charge in [0, 0.05) is 18.7 Å². The van der Waals surface area contributed by atoms with Gasteiger partial charge in [-0.1, -0.05) is 42.0 Å². The molecular formula is C21H19N3O5S. The minimum Gasteiger partial charge on any atom is -0.348 e. The van der Waals surface area contributed by atoms with E-state index in [1.54, 1.807) is 12.1 Å².